The quantitative estimate of drug-likeness (QED) is 0.289. The van der Waals surface area contributed by atoms with Crippen molar-refractivity contribution in [1.29, 1.82) is 0 Å². The van der Waals surface area contributed by atoms with Crippen LogP contribution in [0.1, 0.15) is 31.2 Å². The molecule has 0 aliphatic carbocycles. The second kappa shape index (κ2) is 12.0. The maximum absolute atomic E-state index is 13.5. The molecule has 202 valence electrons. The predicted octanol–water partition coefficient (Wildman–Crippen LogP) is 0.528. The Balaban J connectivity index is 0.00000353. The molecule has 5 aromatic rings. The van der Waals surface area contributed by atoms with Crippen LogP contribution in [-0.4, -0.2) is 59.6 Å². The summed E-state index contributed by atoms with van der Waals surface area (Å²) in [5.41, 5.74) is 4.94. The van der Waals surface area contributed by atoms with Crippen LogP contribution in [0, 0.1) is 0 Å². The highest BCUT2D eigenvalue weighted by Crippen LogP contribution is 2.30. The van der Waals surface area contributed by atoms with Gasteiger partial charge in [-0.15, -0.1) is 10.2 Å². The minimum atomic E-state index is -0.210. The van der Waals surface area contributed by atoms with E-state index < -0.39 is 0 Å². The lowest BCUT2D eigenvalue weighted by molar-refractivity contribution is -0.129. The van der Waals surface area contributed by atoms with Crippen molar-refractivity contribution >= 4 is 16.9 Å². The number of fused-ring (bicyclic) bond motifs is 1. The van der Waals surface area contributed by atoms with Crippen LogP contribution in [0.5, 0.6) is 0 Å². The zero-order valence-electron chi connectivity index (χ0n) is 22.1. The number of likely N-dealkylation sites (N-methyl/N-ethyl adjacent to an activating group) is 1. The first-order valence-corrected chi connectivity index (χ1v) is 12.7. The van der Waals surface area contributed by atoms with Gasteiger partial charge in [0.1, 0.15) is 17.9 Å². The number of pyridine rings is 1. The van der Waals surface area contributed by atoms with Gasteiger partial charge in [-0.05, 0) is 34.4 Å². The summed E-state index contributed by atoms with van der Waals surface area (Å²) in [5, 5.41) is 14.5. The van der Waals surface area contributed by atoms with Crippen LogP contribution >= 0.6 is 0 Å². The summed E-state index contributed by atoms with van der Waals surface area (Å²) < 4.78 is 3.47. The van der Waals surface area contributed by atoms with Crippen molar-refractivity contribution in [2.75, 3.05) is 14.1 Å². The maximum atomic E-state index is 13.5. The first-order chi connectivity index (χ1) is 18.5. The zero-order valence-corrected chi connectivity index (χ0v) is 22.9. The van der Waals surface area contributed by atoms with Crippen LogP contribution in [0.15, 0.2) is 65.6 Å². The summed E-state index contributed by atoms with van der Waals surface area (Å²) >= 11 is 0. The summed E-state index contributed by atoms with van der Waals surface area (Å²) in [4.78, 5) is 32.1. The van der Waals surface area contributed by atoms with Crippen molar-refractivity contribution in [2.24, 2.45) is 0 Å². The Morgan fingerprint density at radius 1 is 1.03 bits per heavy atom. The molecule has 2 aromatic carbocycles. The van der Waals surface area contributed by atoms with E-state index in [0.717, 1.165) is 47.3 Å². The standard InChI is InChI=1S/C28H30N8O2.ClH/c1-4-5-10-24-29-23-15-16-35(18-25(37)34(2)3)28(38)26(23)36(24)17-19-11-13-20(14-12-19)21-8-6-7-9-22(21)27-30-32-33-31-27;/h6-9,11-16H,4-5,10,17-18H2,1-3H3,(H,30,31,32,33);1H/p-1. The maximum Gasteiger partial charge on any atom is 0.277 e. The number of halogens is 1. The fourth-order valence-corrected chi connectivity index (χ4v) is 4.51. The molecular weight excluding hydrogens is 516 g/mol. The number of amides is 1. The summed E-state index contributed by atoms with van der Waals surface area (Å²) in [6, 6.07) is 18.0. The number of hydrogen-bond acceptors (Lipinski definition) is 6. The molecule has 5 rings (SSSR count). The lowest BCUT2D eigenvalue weighted by atomic mass is 9.98. The Labute approximate surface area is 232 Å². The molecule has 10 nitrogen and oxygen atoms in total. The topological polar surface area (TPSA) is 115 Å². The fraction of sp³-hybridized carbons (Fsp3) is 0.286. The summed E-state index contributed by atoms with van der Waals surface area (Å²) in [6.07, 6.45) is 4.43. The van der Waals surface area contributed by atoms with Crippen LogP contribution in [0.3, 0.4) is 0 Å². The molecular formula is C28H30ClN8O2-. The van der Waals surface area contributed by atoms with Crippen LogP contribution in [0.2, 0.25) is 0 Å². The van der Waals surface area contributed by atoms with Crippen molar-refractivity contribution in [3.8, 4) is 22.5 Å². The van der Waals surface area contributed by atoms with Gasteiger partial charge in [0, 0.05) is 38.8 Å². The van der Waals surface area contributed by atoms with Gasteiger partial charge >= 0.3 is 0 Å². The average molecular weight is 546 g/mol. The molecule has 0 unspecified atom stereocenters. The highest BCUT2D eigenvalue weighted by atomic mass is 35.5. The van der Waals surface area contributed by atoms with E-state index in [4.69, 9.17) is 4.98 Å². The number of carbonyl (C=O) groups excluding carboxylic acids is 1. The molecule has 1 amide bonds. The van der Waals surface area contributed by atoms with Crippen molar-refractivity contribution in [1.82, 2.24) is 39.6 Å². The number of unbranched alkanes of at least 4 members (excludes halogenated alkanes) is 1. The van der Waals surface area contributed by atoms with Gasteiger partial charge in [0.15, 0.2) is 0 Å². The van der Waals surface area contributed by atoms with Crippen LogP contribution < -0.4 is 18.0 Å². The van der Waals surface area contributed by atoms with Gasteiger partial charge in [0.25, 0.3) is 5.56 Å². The molecule has 0 bridgehead atoms. The largest absolute Gasteiger partial charge is 1.00 e. The summed E-state index contributed by atoms with van der Waals surface area (Å²) in [7, 11) is 3.37. The molecule has 3 heterocycles. The van der Waals surface area contributed by atoms with Crippen molar-refractivity contribution in [3.05, 3.63) is 82.5 Å². The molecule has 0 saturated heterocycles. The number of hydrogen-bond donors (Lipinski definition) is 1. The number of tetrazole rings is 1. The second-order valence-corrected chi connectivity index (χ2v) is 9.47. The van der Waals surface area contributed by atoms with E-state index in [2.05, 4.69) is 51.8 Å². The van der Waals surface area contributed by atoms with Crippen LogP contribution in [-0.2, 0) is 24.3 Å². The smallest absolute Gasteiger partial charge is 0.277 e. The highest BCUT2D eigenvalue weighted by Gasteiger charge is 2.17. The van der Waals surface area contributed by atoms with Crippen molar-refractivity contribution < 1.29 is 17.2 Å². The van der Waals surface area contributed by atoms with E-state index in [1.807, 2.05) is 34.9 Å². The second-order valence-electron chi connectivity index (χ2n) is 9.47. The number of nitrogens with zero attached hydrogens (tertiary/aromatic N) is 7. The van der Waals surface area contributed by atoms with E-state index in [-0.39, 0.29) is 30.4 Å². The molecule has 0 saturated carbocycles. The highest BCUT2D eigenvalue weighted by molar-refractivity contribution is 5.80. The molecule has 0 aliphatic rings. The number of aryl methyl sites for hydroxylation is 1. The minimum absolute atomic E-state index is 0. The first-order valence-electron chi connectivity index (χ1n) is 12.7. The number of H-pyrrole nitrogens is 1. The molecule has 39 heavy (non-hydrogen) atoms. The third-order valence-electron chi connectivity index (χ3n) is 6.63. The van der Waals surface area contributed by atoms with Gasteiger partial charge in [-0.2, -0.15) is 5.21 Å². The van der Waals surface area contributed by atoms with Gasteiger partial charge in [0.2, 0.25) is 11.7 Å². The zero-order chi connectivity index (χ0) is 26.6. The van der Waals surface area contributed by atoms with Crippen LogP contribution in [0.4, 0.5) is 0 Å². The number of rotatable bonds is 9. The van der Waals surface area contributed by atoms with Gasteiger partial charge in [-0.3, -0.25) is 9.59 Å². The lowest BCUT2D eigenvalue weighted by Gasteiger charge is -2.13. The van der Waals surface area contributed by atoms with E-state index in [1.54, 1.807) is 20.3 Å². The van der Waals surface area contributed by atoms with Gasteiger partial charge in [0.05, 0.1) is 5.52 Å². The Hall–Kier alpha value is -4.31. The van der Waals surface area contributed by atoms with E-state index in [1.165, 1.54) is 9.47 Å². The average Bonchev–Trinajstić information content (AvgIpc) is 3.58. The third kappa shape index (κ3) is 5.75. The first kappa shape index (κ1) is 27.7. The monoisotopic (exact) mass is 545 g/mol. The minimum Gasteiger partial charge on any atom is -1.00 e. The predicted molar refractivity (Wildman–Crippen MR) is 145 cm³/mol. The molecule has 1 N–H and O–H groups in total. The summed E-state index contributed by atoms with van der Waals surface area (Å²) in [5.74, 6) is 1.28. The van der Waals surface area contributed by atoms with Gasteiger partial charge in [-0.25, -0.2) is 4.98 Å². The van der Waals surface area contributed by atoms with Crippen LogP contribution in [0.25, 0.3) is 33.5 Å². The molecule has 11 heteroatoms. The number of nitrogens with one attached hydrogen (secondary N) is 1. The molecule has 0 spiro atoms. The molecule has 0 atom stereocenters. The molecule has 0 fully saturated rings. The summed E-state index contributed by atoms with van der Waals surface area (Å²) in [6.45, 7) is 2.63. The lowest BCUT2D eigenvalue weighted by Crippen LogP contribution is -3.00. The number of aromatic nitrogens is 7. The van der Waals surface area contributed by atoms with Gasteiger partial charge < -0.3 is 26.4 Å². The Morgan fingerprint density at radius 2 is 1.77 bits per heavy atom. The molecule has 3 aromatic heterocycles. The fourth-order valence-electron chi connectivity index (χ4n) is 4.51. The van der Waals surface area contributed by atoms with Gasteiger partial charge in [-0.1, -0.05) is 61.9 Å². The van der Waals surface area contributed by atoms with Crippen molar-refractivity contribution in [2.45, 2.75) is 39.3 Å². The normalized spacial score (nSPS) is 10.9. The van der Waals surface area contributed by atoms with E-state index >= 15 is 0 Å². The Morgan fingerprint density at radius 3 is 2.44 bits per heavy atom. The number of carbonyl (C=O) groups is 1. The molecule has 0 radical (unpaired) electrons. The van der Waals surface area contributed by atoms with Crippen molar-refractivity contribution in [3.63, 3.8) is 0 Å². The number of benzene rings is 2. The Kier molecular flexibility index (Phi) is 8.55. The number of imidazole rings is 1. The molecule has 0 aliphatic heterocycles. The SMILES string of the molecule is CCCCc1nc2ccn(CC(=O)N(C)C)c(=O)c2n1Cc1ccc(-c2ccccc2-c2nn[nH]n2)cc1.[Cl-]. The Bertz CT molecular complexity index is 1620. The van der Waals surface area contributed by atoms with E-state index in [9.17, 15) is 9.59 Å². The van der Waals surface area contributed by atoms with E-state index in [0.29, 0.717) is 23.4 Å². The number of aromatic amines is 1. The third-order valence-corrected chi connectivity index (χ3v) is 6.63.